The minimum absolute atomic E-state index is 0.935. The van der Waals surface area contributed by atoms with E-state index in [4.69, 9.17) is 0 Å². The van der Waals surface area contributed by atoms with Gasteiger partial charge >= 0.3 is 0 Å². The van der Waals surface area contributed by atoms with Crippen molar-refractivity contribution in [3.05, 3.63) is 35.9 Å². The van der Waals surface area contributed by atoms with Crippen LogP contribution in [-0.4, -0.2) is 0 Å². The fourth-order valence-electron chi connectivity index (χ4n) is 2.77. The van der Waals surface area contributed by atoms with Gasteiger partial charge < -0.3 is 0 Å². The van der Waals surface area contributed by atoms with Crippen molar-refractivity contribution in [1.29, 1.82) is 0 Å². The van der Waals surface area contributed by atoms with E-state index in [2.05, 4.69) is 49.9 Å². The van der Waals surface area contributed by atoms with Crippen molar-refractivity contribution < 1.29 is 0 Å². The first kappa shape index (κ1) is 13.7. The van der Waals surface area contributed by atoms with E-state index >= 15 is 0 Å². The highest BCUT2D eigenvalue weighted by molar-refractivity contribution is 7.80. The zero-order valence-corrected chi connectivity index (χ0v) is 12.3. The summed E-state index contributed by atoms with van der Waals surface area (Å²) >= 11 is 4.34. The summed E-state index contributed by atoms with van der Waals surface area (Å²) in [6, 6.07) is 8.58. The quantitative estimate of drug-likeness (QED) is 0.506. The summed E-state index contributed by atoms with van der Waals surface area (Å²) in [6.45, 7) is 2.28. The van der Waals surface area contributed by atoms with Gasteiger partial charge in [0.25, 0.3) is 0 Å². The van der Waals surface area contributed by atoms with E-state index in [1.807, 2.05) is 0 Å². The molecule has 1 atom stereocenters. The molecule has 98 valence electrons. The van der Waals surface area contributed by atoms with Crippen molar-refractivity contribution in [3.8, 4) is 0 Å². The number of thiol groups is 1. The predicted octanol–water partition coefficient (Wildman–Crippen LogP) is 5.74. The van der Waals surface area contributed by atoms with Crippen LogP contribution < -0.4 is 0 Å². The molecule has 0 aliphatic heterocycles. The fourth-order valence-corrected chi connectivity index (χ4v) is 2.92. The lowest BCUT2D eigenvalue weighted by molar-refractivity contribution is 0.428. The second kappa shape index (κ2) is 7.04. The lowest BCUT2D eigenvalue weighted by Crippen LogP contribution is -2.05. The summed E-state index contributed by atoms with van der Waals surface area (Å²) in [5.41, 5.74) is 2.93. The first-order valence-electron chi connectivity index (χ1n) is 7.28. The van der Waals surface area contributed by atoms with Gasteiger partial charge in [0.2, 0.25) is 0 Å². The third-order valence-corrected chi connectivity index (χ3v) is 4.27. The number of benzene rings is 1. The standard InChI is InChI=1S/C17H24S/c1-2-3-4-5-14-6-8-15(9-7-14)16-10-12-17(18)13-11-16/h8,10-14,18H,2-7,9H2,1H3. The van der Waals surface area contributed by atoms with Crippen molar-refractivity contribution in [3.63, 3.8) is 0 Å². The zero-order chi connectivity index (χ0) is 12.8. The molecule has 0 heterocycles. The number of hydrogen-bond acceptors (Lipinski definition) is 1. The molecule has 2 rings (SSSR count). The summed E-state index contributed by atoms with van der Waals surface area (Å²) < 4.78 is 0. The van der Waals surface area contributed by atoms with Gasteiger partial charge in [-0.3, -0.25) is 0 Å². The van der Waals surface area contributed by atoms with Gasteiger partial charge in [-0.2, -0.15) is 0 Å². The predicted molar refractivity (Wildman–Crippen MR) is 83.2 cm³/mol. The smallest absolute Gasteiger partial charge is 0.00403 e. The molecule has 18 heavy (non-hydrogen) atoms. The summed E-state index contributed by atoms with van der Waals surface area (Å²) in [4.78, 5) is 1.05. The number of rotatable bonds is 5. The molecule has 0 spiro atoms. The number of unbranched alkanes of at least 4 members (excludes halogenated alkanes) is 2. The minimum Gasteiger partial charge on any atom is -0.143 e. The first-order valence-corrected chi connectivity index (χ1v) is 7.72. The van der Waals surface area contributed by atoms with Crippen molar-refractivity contribution in [2.45, 2.75) is 56.8 Å². The lowest BCUT2D eigenvalue weighted by Gasteiger charge is -2.22. The van der Waals surface area contributed by atoms with Crippen LogP contribution in [0.15, 0.2) is 35.2 Å². The van der Waals surface area contributed by atoms with Crippen LogP contribution >= 0.6 is 12.6 Å². The minimum atomic E-state index is 0.935. The maximum Gasteiger partial charge on any atom is 0.00403 e. The zero-order valence-electron chi connectivity index (χ0n) is 11.4. The molecule has 0 N–H and O–H groups in total. The monoisotopic (exact) mass is 260 g/mol. The SMILES string of the molecule is CCCCCC1CC=C(c2ccc(S)cc2)CC1. The number of allylic oxidation sites excluding steroid dienone is 2. The second-order valence-corrected chi connectivity index (χ2v) is 5.93. The van der Waals surface area contributed by atoms with Gasteiger partial charge in [0.1, 0.15) is 0 Å². The average molecular weight is 260 g/mol. The molecule has 1 heteroatoms. The fraction of sp³-hybridized carbons (Fsp3) is 0.529. The van der Waals surface area contributed by atoms with Crippen molar-refractivity contribution >= 4 is 18.2 Å². The van der Waals surface area contributed by atoms with Gasteiger partial charge in [0, 0.05) is 4.90 Å². The Morgan fingerprint density at radius 3 is 2.56 bits per heavy atom. The Morgan fingerprint density at radius 2 is 1.94 bits per heavy atom. The molecule has 0 amide bonds. The molecule has 1 aliphatic carbocycles. The molecule has 1 aromatic carbocycles. The van der Waals surface area contributed by atoms with E-state index in [0.717, 1.165) is 10.8 Å². The molecule has 0 nitrogen and oxygen atoms in total. The molecule has 0 aromatic heterocycles. The highest BCUT2D eigenvalue weighted by Gasteiger charge is 2.14. The summed E-state index contributed by atoms with van der Waals surface area (Å²) in [5, 5.41) is 0. The van der Waals surface area contributed by atoms with Crippen LogP contribution in [0.2, 0.25) is 0 Å². The summed E-state index contributed by atoms with van der Waals surface area (Å²) in [5.74, 6) is 0.935. The van der Waals surface area contributed by atoms with E-state index in [0.29, 0.717) is 0 Å². The van der Waals surface area contributed by atoms with Crippen LogP contribution in [0.5, 0.6) is 0 Å². The summed E-state index contributed by atoms with van der Waals surface area (Å²) in [6.07, 6.45) is 11.9. The number of hydrogen-bond donors (Lipinski definition) is 1. The van der Waals surface area contributed by atoms with Crippen LogP contribution in [0.3, 0.4) is 0 Å². The van der Waals surface area contributed by atoms with Crippen molar-refractivity contribution in [2.75, 3.05) is 0 Å². The van der Waals surface area contributed by atoms with Gasteiger partial charge in [0.05, 0.1) is 0 Å². The highest BCUT2D eigenvalue weighted by Crippen LogP contribution is 2.32. The van der Waals surface area contributed by atoms with Gasteiger partial charge in [0.15, 0.2) is 0 Å². The van der Waals surface area contributed by atoms with Crippen molar-refractivity contribution in [2.24, 2.45) is 5.92 Å². The average Bonchev–Trinajstić information content (AvgIpc) is 2.41. The van der Waals surface area contributed by atoms with E-state index in [-0.39, 0.29) is 0 Å². The molecular weight excluding hydrogens is 236 g/mol. The maximum atomic E-state index is 4.34. The first-order chi connectivity index (χ1) is 8.79. The molecular formula is C17H24S. The Kier molecular flexibility index (Phi) is 5.37. The largest absolute Gasteiger partial charge is 0.143 e. The molecule has 1 aliphatic rings. The molecule has 0 saturated heterocycles. The molecule has 0 radical (unpaired) electrons. The topological polar surface area (TPSA) is 0 Å². The molecule has 1 unspecified atom stereocenters. The van der Waals surface area contributed by atoms with E-state index in [1.165, 1.54) is 56.1 Å². The van der Waals surface area contributed by atoms with Crippen LogP contribution in [0.25, 0.3) is 5.57 Å². The Bertz CT molecular complexity index is 389. The highest BCUT2D eigenvalue weighted by atomic mass is 32.1. The Hall–Kier alpha value is -0.690. The van der Waals surface area contributed by atoms with E-state index in [9.17, 15) is 0 Å². The summed E-state index contributed by atoms with van der Waals surface area (Å²) in [7, 11) is 0. The Morgan fingerprint density at radius 1 is 1.17 bits per heavy atom. The Balaban J connectivity index is 1.88. The second-order valence-electron chi connectivity index (χ2n) is 5.41. The van der Waals surface area contributed by atoms with E-state index in [1.54, 1.807) is 0 Å². The van der Waals surface area contributed by atoms with E-state index < -0.39 is 0 Å². The normalized spacial score (nSPS) is 19.7. The molecule has 0 fully saturated rings. The van der Waals surface area contributed by atoms with Crippen LogP contribution in [0.1, 0.15) is 57.4 Å². The third-order valence-electron chi connectivity index (χ3n) is 3.97. The Labute approximate surface area is 117 Å². The van der Waals surface area contributed by atoms with Gasteiger partial charge in [-0.1, -0.05) is 50.8 Å². The van der Waals surface area contributed by atoms with Gasteiger partial charge in [-0.25, -0.2) is 0 Å². The van der Waals surface area contributed by atoms with Crippen LogP contribution in [-0.2, 0) is 0 Å². The molecule has 0 saturated carbocycles. The van der Waals surface area contributed by atoms with Crippen LogP contribution in [0, 0.1) is 5.92 Å². The third kappa shape index (κ3) is 3.91. The van der Waals surface area contributed by atoms with Crippen LogP contribution in [0.4, 0.5) is 0 Å². The molecule has 1 aromatic rings. The lowest BCUT2D eigenvalue weighted by atomic mass is 9.84. The van der Waals surface area contributed by atoms with Gasteiger partial charge in [-0.15, -0.1) is 12.6 Å². The van der Waals surface area contributed by atoms with Gasteiger partial charge in [-0.05, 0) is 48.4 Å². The molecule has 0 bridgehead atoms. The maximum absolute atomic E-state index is 4.34. The van der Waals surface area contributed by atoms with Crippen molar-refractivity contribution in [1.82, 2.24) is 0 Å².